The number of hydrogen-bond acceptors (Lipinski definition) is 1. The fraction of sp³-hybridized carbons (Fsp3) is 0.605. The van der Waals surface area contributed by atoms with E-state index in [1.807, 2.05) is 0 Å². The van der Waals surface area contributed by atoms with Gasteiger partial charge in [0.05, 0.1) is 41.8 Å². The van der Waals surface area contributed by atoms with Gasteiger partial charge in [0.15, 0.2) is 0 Å². The van der Waals surface area contributed by atoms with Gasteiger partial charge in [-0.2, -0.15) is 0 Å². The van der Waals surface area contributed by atoms with Crippen LogP contribution >= 0.6 is 0 Å². The molecule has 2 aromatic carbocycles. The Bertz CT molecular complexity index is 981. The number of nitrogens with one attached hydrogen (secondary N) is 1. The number of carbonyl (C=O) groups is 1. The SMILES string of the molecule is C.C.C.C.C=C(C)C(=O)NCCC[N+](C)(C)Cc1ccc(C(C)CC)cc1.CCC(C)c1ccc(C[N+](C)(C)C)cc1.[Cl-].[Cl-]. The van der Waals surface area contributed by atoms with Gasteiger partial charge in [0.2, 0.25) is 5.91 Å². The fourth-order valence-electron chi connectivity index (χ4n) is 4.36. The van der Waals surface area contributed by atoms with Gasteiger partial charge < -0.3 is 39.1 Å². The highest BCUT2D eigenvalue weighted by atomic mass is 35.5. The molecule has 2 rings (SSSR count). The van der Waals surface area contributed by atoms with Crippen LogP contribution in [0.2, 0.25) is 0 Å². The van der Waals surface area contributed by atoms with E-state index in [0.29, 0.717) is 24.0 Å². The topological polar surface area (TPSA) is 29.1 Å². The molecule has 2 aromatic rings. The molecular weight excluding hydrogens is 585 g/mol. The molecule has 1 N–H and O–H groups in total. The number of benzene rings is 2. The molecule has 0 aromatic heterocycles. The molecule has 0 radical (unpaired) electrons. The van der Waals surface area contributed by atoms with Gasteiger partial charge >= 0.3 is 0 Å². The van der Waals surface area contributed by atoms with Crippen molar-refractivity contribution in [2.45, 2.75) is 109 Å². The van der Waals surface area contributed by atoms with Crippen LogP contribution in [0.5, 0.6) is 0 Å². The van der Waals surface area contributed by atoms with Gasteiger partial charge in [-0.25, -0.2) is 0 Å². The maximum absolute atomic E-state index is 11.5. The minimum atomic E-state index is -0.0454. The minimum absolute atomic E-state index is 0. The number of hydrogen-bond donors (Lipinski definition) is 1. The molecule has 2 unspecified atom stereocenters. The molecule has 2 atom stereocenters. The molecule has 0 aliphatic carbocycles. The number of nitrogens with zero attached hydrogens (tertiary/aromatic N) is 2. The van der Waals surface area contributed by atoms with Gasteiger partial charge in [-0.1, -0.05) is 113 Å². The van der Waals surface area contributed by atoms with E-state index >= 15 is 0 Å². The molecule has 4 nitrogen and oxygen atoms in total. The van der Waals surface area contributed by atoms with Crippen LogP contribution in [0.1, 0.15) is 118 Å². The van der Waals surface area contributed by atoms with E-state index in [-0.39, 0.29) is 60.4 Å². The second kappa shape index (κ2) is 26.4. The molecule has 1 amide bonds. The summed E-state index contributed by atoms with van der Waals surface area (Å²) >= 11 is 0. The summed E-state index contributed by atoms with van der Waals surface area (Å²) in [4.78, 5) is 11.5. The van der Waals surface area contributed by atoms with Crippen LogP contribution in [0.3, 0.4) is 0 Å². The van der Waals surface area contributed by atoms with Gasteiger partial charge in [-0.3, -0.25) is 4.79 Å². The average Bonchev–Trinajstić information content (AvgIpc) is 2.85. The van der Waals surface area contributed by atoms with Gasteiger partial charge in [-0.05, 0) is 42.7 Å². The molecule has 0 bridgehead atoms. The quantitative estimate of drug-likeness (QED) is 0.198. The van der Waals surface area contributed by atoms with Crippen molar-refractivity contribution in [2.75, 3.05) is 48.3 Å². The molecule has 6 heteroatoms. The third kappa shape index (κ3) is 22.6. The Balaban J connectivity index is -0.000000153. The van der Waals surface area contributed by atoms with Crippen LogP contribution in [0, 0.1) is 0 Å². The Morgan fingerprint density at radius 2 is 1.09 bits per heavy atom. The van der Waals surface area contributed by atoms with Crippen molar-refractivity contribution < 1.29 is 38.6 Å². The number of rotatable bonds is 13. The van der Waals surface area contributed by atoms with Crippen LogP contribution in [0.25, 0.3) is 0 Å². The van der Waals surface area contributed by atoms with Crippen molar-refractivity contribution in [2.24, 2.45) is 0 Å². The molecule has 0 spiro atoms. The van der Waals surface area contributed by atoms with E-state index in [2.05, 4.69) is 123 Å². The first-order valence-electron chi connectivity index (χ1n) is 14.4. The first kappa shape index (κ1) is 54.6. The summed E-state index contributed by atoms with van der Waals surface area (Å²) < 4.78 is 1.91. The van der Waals surface area contributed by atoms with Gasteiger partial charge in [0.1, 0.15) is 13.1 Å². The average molecular weight is 659 g/mol. The Kier molecular flexibility index (Phi) is 32.7. The lowest BCUT2D eigenvalue weighted by molar-refractivity contribution is -0.903. The lowest BCUT2D eigenvalue weighted by Crippen LogP contribution is -3.00. The maximum Gasteiger partial charge on any atom is 0.246 e. The number of carbonyl (C=O) groups excluding carboxylic acids is 1. The van der Waals surface area contributed by atoms with E-state index in [4.69, 9.17) is 0 Å². The Morgan fingerprint density at radius 3 is 1.41 bits per heavy atom. The van der Waals surface area contributed by atoms with Crippen molar-refractivity contribution in [3.8, 4) is 0 Å². The molecule has 0 aliphatic heterocycles. The molecule has 44 heavy (non-hydrogen) atoms. The predicted octanol–water partition coefficient (Wildman–Crippen LogP) is 3.82. The highest BCUT2D eigenvalue weighted by Gasteiger charge is 2.16. The number of halogens is 2. The van der Waals surface area contributed by atoms with Gasteiger partial charge in [-0.15, -0.1) is 0 Å². The number of amides is 1. The second-order valence-electron chi connectivity index (χ2n) is 12.8. The molecular formula is C38H73Cl2N3O. The largest absolute Gasteiger partial charge is 1.00 e. The first-order chi connectivity index (χ1) is 17.7. The van der Waals surface area contributed by atoms with Crippen molar-refractivity contribution in [3.05, 3.63) is 82.9 Å². The Hall–Kier alpha value is -1.85. The molecule has 0 saturated heterocycles. The maximum atomic E-state index is 11.5. The van der Waals surface area contributed by atoms with Crippen LogP contribution in [0.4, 0.5) is 0 Å². The predicted molar refractivity (Wildman–Crippen MR) is 192 cm³/mol. The third-order valence-corrected chi connectivity index (χ3v) is 7.20. The summed E-state index contributed by atoms with van der Waals surface area (Å²) in [5.74, 6) is 1.27. The van der Waals surface area contributed by atoms with Crippen LogP contribution in [0.15, 0.2) is 60.7 Å². The fourth-order valence-corrected chi connectivity index (χ4v) is 4.36. The van der Waals surface area contributed by atoms with Crippen LogP contribution < -0.4 is 30.1 Å². The van der Waals surface area contributed by atoms with E-state index < -0.39 is 0 Å². The third-order valence-electron chi connectivity index (χ3n) is 7.20. The first-order valence-corrected chi connectivity index (χ1v) is 14.4. The summed E-state index contributed by atoms with van der Waals surface area (Å²) in [6, 6.07) is 18.1. The standard InChI is InChI=1S/C20H32N2O.C14H24N.4CH4.2ClH/c1-7-17(4)19-11-9-18(10-12-19)15-22(5,6)14-8-13-21-20(23)16(2)3;1-6-12(2)14-9-7-13(8-10-14)11-15(3,4)5;;;;;;/h9-12,17H,2,7-8,13-15H2,1,3-6H3;7-10,12H,6,11H2,1-5H3;4*1H4;2*1H/q;+1;;;;;;/p-1. The van der Waals surface area contributed by atoms with Crippen molar-refractivity contribution in [1.82, 2.24) is 5.32 Å². The zero-order chi connectivity index (χ0) is 28.9. The monoisotopic (exact) mass is 658 g/mol. The van der Waals surface area contributed by atoms with Gasteiger partial charge in [0, 0.05) is 29.7 Å². The van der Waals surface area contributed by atoms with E-state index in [1.165, 1.54) is 35.1 Å². The summed E-state index contributed by atoms with van der Waals surface area (Å²) in [6.45, 7) is 18.3. The molecule has 0 heterocycles. The smallest absolute Gasteiger partial charge is 0.246 e. The zero-order valence-corrected chi connectivity index (χ0v) is 28.5. The van der Waals surface area contributed by atoms with Gasteiger partial charge in [0.25, 0.3) is 0 Å². The van der Waals surface area contributed by atoms with Crippen LogP contribution in [-0.4, -0.2) is 63.2 Å². The molecule has 0 fully saturated rings. The highest BCUT2D eigenvalue weighted by molar-refractivity contribution is 5.91. The molecule has 0 aliphatic rings. The highest BCUT2D eigenvalue weighted by Crippen LogP contribution is 2.21. The summed E-state index contributed by atoms with van der Waals surface area (Å²) in [5, 5.41) is 2.90. The van der Waals surface area contributed by atoms with Crippen molar-refractivity contribution >= 4 is 5.91 Å². The molecule has 260 valence electrons. The van der Waals surface area contributed by atoms with Crippen molar-refractivity contribution in [1.29, 1.82) is 0 Å². The normalized spacial score (nSPS) is 11.4. The van der Waals surface area contributed by atoms with Crippen molar-refractivity contribution in [3.63, 3.8) is 0 Å². The summed E-state index contributed by atoms with van der Waals surface area (Å²) in [6.07, 6.45) is 3.36. The Labute approximate surface area is 288 Å². The van der Waals surface area contributed by atoms with E-state index in [9.17, 15) is 4.79 Å². The lowest BCUT2D eigenvalue weighted by Gasteiger charge is -2.30. The van der Waals surface area contributed by atoms with E-state index in [0.717, 1.165) is 35.0 Å². The lowest BCUT2D eigenvalue weighted by atomic mass is 9.97. The second-order valence-corrected chi connectivity index (χ2v) is 12.8. The zero-order valence-electron chi connectivity index (χ0n) is 27.0. The summed E-state index contributed by atoms with van der Waals surface area (Å²) in [7, 11) is 11.2. The molecule has 0 saturated carbocycles. The summed E-state index contributed by atoms with van der Waals surface area (Å²) in [5.41, 5.74) is 6.24. The minimum Gasteiger partial charge on any atom is -1.00 e. The van der Waals surface area contributed by atoms with E-state index in [1.54, 1.807) is 6.92 Å². The number of quaternary nitrogens is 2. The Morgan fingerprint density at radius 1 is 0.727 bits per heavy atom. The van der Waals surface area contributed by atoms with Crippen LogP contribution in [-0.2, 0) is 17.9 Å².